The maximum absolute atomic E-state index is 12.0. The van der Waals surface area contributed by atoms with Crippen LogP contribution in [0.5, 0.6) is 0 Å². The van der Waals surface area contributed by atoms with Crippen molar-refractivity contribution in [2.45, 2.75) is 19.1 Å². The number of carbonyl (C=O) groups is 2. The molecule has 0 fully saturated rings. The summed E-state index contributed by atoms with van der Waals surface area (Å²) in [5.74, 6) is -2.92. The highest BCUT2D eigenvalue weighted by Gasteiger charge is 2.39. The normalized spacial score (nSPS) is 12.7. The summed E-state index contributed by atoms with van der Waals surface area (Å²) in [4.78, 5) is 22.2. The quantitative estimate of drug-likeness (QED) is 0.899. The molecule has 1 rings (SSSR count). The fourth-order valence-electron chi connectivity index (χ4n) is 1.13. The number of nitrogens with one attached hydrogen (secondary N) is 2. The summed E-state index contributed by atoms with van der Waals surface area (Å²) in [6.45, 7) is 1.15. The van der Waals surface area contributed by atoms with E-state index in [9.17, 15) is 22.8 Å². The van der Waals surface area contributed by atoms with Crippen molar-refractivity contribution in [3.63, 3.8) is 0 Å². The van der Waals surface area contributed by atoms with Crippen LogP contribution in [0.2, 0.25) is 5.02 Å². The molecule has 0 saturated carbocycles. The predicted molar refractivity (Wildman–Crippen MR) is 63.7 cm³/mol. The van der Waals surface area contributed by atoms with Crippen LogP contribution in [-0.4, -0.2) is 24.0 Å². The molecule has 0 heterocycles. The van der Waals surface area contributed by atoms with Gasteiger partial charge in [-0.2, -0.15) is 13.2 Å². The van der Waals surface area contributed by atoms with Gasteiger partial charge in [0.1, 0.15) is 6.04 Å². The summed E-state index contributed by atoms with van der Waals surface area (Å²) >= 11 is 5.64. The van der Waals surface area contributed by atoms with Gasteiger partial charge >= 0.3 is 12.1 Å². The van der Waals surface area contributed by atoms with E-state index in [4.69, 9.17) is 11.6 Å². The van der Waals surface area contributed by atoms with E-state index in [1.165, 1.54) is 24.3 Å². The number of hydrogen-bond acceptors (Lipinski definition) is 2. The first-order valence-corrected chi connectivity index (χ1v) is 5.52. The largest absolute Gasteiger partial charge is 0.471 e. The third-order valence-corrected chi connectivity index (χ3v) is 2.36. The summed E-state index contributed by atoms with van der Waals surface area (Å²) < 4.78 is 36.0. The van der Waals surface area contributed by atoms with Crippen LogP contribution in [0.4, 0.5) is 18.9 Å². The molecule has 0 radical (unpaired) electrons. The fraction of sp³-hybridized carbons (Fsp3) is 0.273. The van der Waals surface area contributed by atoms with E-state index in [0.717, 1.165) is 6.92 Å². The molecule has 0 unspecified atom stereocenters. The van der Waals surface area contributed by atoms with Crippen LogP contribution in [0.15, 0.2) is 24.3 Å². The Hall–Kier alpha value is -1.76. The molecule has 2 amide bonds. The van der Waals surface area contributed by atoms with Crippen LogP contribution in [0, 0.1) is 0 Å². The standard InChI is InChI=1S/C11H10ClF3N2O2/c1-6(16-10(19)11(13,14)15)9(18)17-8-4-2-7(12)3-5-8/h2-6H,1H3,(H,16,19)(H,17,18)/t6-/m1/s1. The molecule has 0 saturated heterocycles. The Bertz CT molecular complexity index is 474. The van der Waals surface area contributed by atoms with Crippen molar-refractivity contribution in [3.8, 4) is 0 Å². The molecule has 1 aromatic rings. The van der Waals surface area contributed by atoms with Gasteiger partial charge < -0.3 is 10.6 Å². The first kappa shape index (κ1) is 15.3. The molecular formula is C11H10ClF3N2O2. The lowest BCUT2D eigenvalue weighted by atomic mass is 10.2. The fourth-order valence-corrected chi connectivity index (χ4v) is 1.25. The third-order valence-electron chi connectivity index (χ3n) is 2.11. The Labute approximate surface area is 111 Å². The SMILES string of the molecule is C[C@@H](NC(=O)C(F)(F)F)C(=O)Nc1ccc(Cl)cc1. The second-order valence-electron chi connectivity index (χ2n) is 3.69. The molecule has 1 atom stereocenters. The number of amides is 2. The molecule has 0 aromatic heterocycles. The zero-order valence-corrected chi connectivity index (χ0v) is 10.5. The number of alkyl halides is 3. The number of rotatable bonds is 3. The average molecular weight is 295 g/mol. The van der Waals surface area contributed by atoms with Crippen molar-refractivity contribution in [3.05, 3.63) is 29.3 Å². The van der Waals surface area contributed by atoms with Gasteiger partial charge in [0, 0.05) is 10.7 Å². The zero-order valence-electron chi connectivity index (χ0n) is 9.72. The van der Waals surface area contributed by atoms with E-state index in [1.54, 1.807) is 5.32 Å². The van der Waals surface area contributed by atoms with Gasteiger partial charge in [-0.15, -0.1) is 0 Å². The molecule has 2 N–H and O–H groups in total. The number of halogens is 4. The number of carbonyl (C=O) groups excluding carboxylic acids is 2. The van der Waals surface area contributed by atoms with Crippen LogP contribution in [0.3, 0.4) is 0 Å². The van der Waals surface area contributed by atoms with Gasteiger partial charge in [-0.1, -0.05) is 11.6 Å². The Morgan fingerprint density at radius 2 is 1.74 bits per heavy atom. The second kappa shape index (κ2) is 5.92. The number of anilines is 1. The van der Waals surface area contributed by atoms with Crippen LogP contribution in [0.25, 0.3) is 0 Å². The highest BCUT2D eigenvalue weighted by Crippen LogP contribution is 2.15. The van der Waals surface area contributed by atoms with Crippen LogP contribution in [-0.2, 0) is 9.59 Å². The first-order chi connectivity index (χ1) is 8.70. The predicted octanol–water partition coefficient (Wildman–Crippen LogP) is 2.35. The van der Waals surface area contributed by atoms with Crippen molar-refractivity contribution in [2.24, 2.45) is 0 Å². The van der Waals surface area contributed by atoms with Crippen molar-refractivity contribution in [1.82, 2.24) is 5.32 Å². The van der Waals surface area contributed by atoms with Gasteiger partial charge in [-0.05, 0) is 31.2 Å². The minimum atomic E-state index is -5.02. The highest BCUT2D eigenvalue weighted by atomic mass is 35.5. The Kier molecular flexibility index (Phi) is 4.77. The lowest BCUT2D eigenvalue weighted by Crippen LogP contribution is -2.47. The summed E-state index contributed by atoms with van der Waals surface area (Å²) in [6, 6.07) is 4.67. The molecule has 0 aliphatic rings. The first-order valence-electron chi connectivity index (χ1n) is 5.14. The molecule has 0 spiro atoms. The maximum atomic E-state index is 12.0. The minimum Gasteiger partial charge on any atom is -0.337 e. The number of hydrogen-bond donors (Lipinski definition) is 2. The average Bonchev–Trinajstić information content (AvgIpc) is 2.30. The molecule has 0 aliphatic carbocycles. The topological polar surface area (TPSA) is 58.2 Å². The molecule has 0 aliphatic heterocycles. The summed E-state index contributed by atoms with van der Waals surface area (Å²) in [7, 11) is 0. The van der Waals surface area contributed by atoms with Gasteiger partial charge in [0.25, 0.3) is 0 Å². The molecule has 1 aromatic carbocycles. The highest BCUT2D eigenvalue weighted by molar-refractivity contribution is 6.30. The van der Waals surface area contributed by atoms with Crippen LogP contribution in [0.1, 0.15) is 6.92 Å². The van der Waals surface area contributed by atoms with E-state index in [2.05, 4.69) is 5.32 Å². The van der Waals surface area contributed by atoms with E-state index >= 15 is 0 Å². The van der Waals surface area contributed by atoms with E-state index < -0.39 is 24.0 Å². The van der Waals surface area contributed by atoms with E-state index in [-0.39, 0.29) is 0 Å². The van der Waals surface area contributed by atoms with E-state index in [1.807, 2.05) is 0 Å². The van der Waals surface area contributed by atoms with Crippen LogP contribution >= 0.6 is 11.6 Å². The van der Waals surface area contributed by atoms with Gasteiger partial charge in [-0.3, -0.25) is 9.59 Å². The monoisotopic (exact) mass is 294 g/mol. The van der Waals surface area contributed by atoms with Crippen molar-refractivity contribution in [1.29, 1.82) is 0 Å². The molecule has 0 bridgehead atoms. The van der Waals surface area contributed by atoms with Gasteiger partial charge in [0.2, 0.25) is 5.91 Å². The van der Waals surface area contributed by atoms with E-state index in [0.29, 0.717) is 10.7 Å². The Morgan fingerprint density at radius 3 is 2.21 bits per heavy atom. The van der Waals surface area contributed by atoms with Gasteiger partial charge in [-0.25, -0.2) is 0 Å². The molecule has 19 heavy (non-hydrogen) atoms. The summed E-state index contributed by atoms with van der Waals surface area (Å²) in [5.41, 5.74) is 0.363. The minimum absolute atomic E-state index is 0.363. The maximum Gasteiger partial charge on any atom is 0.471 e. The molecule has 4 nitrogen and oxygen atoms in total. The van der Waals surface area contributed by atoms with Crippen molar-refractivity contribution in [2.75, 3.05) is 5.32 Å². The lowest BCUT2D eigenvalue weighted by Gasteiger charge is -2.15. The Balaban J connectivity index is 2.58. The van der Waals surface area contributed by atoms with Crippen molar-refractivity contribution < 1.29 is 22.8 Å². The van der Waals surface area contributed by atoms with Crippen LogP contribution < -0.4 is 10.6 Å². The third kappa shape index (κ3) is 4.78. The molecular weight excluding hydrogens is 285 g/mol. The second-order valence-corrected chi connectivity index (χ2v) is 4.13. The molecule has 8 heteroatoms. The zero-order chi connectivity index (χ0) is 14.6. The number of benzene rings is 1. The lowest BCUT2D eigenvalue weighted by molar-refractivity contribution is -0.174. The molecule has 104 valence electrons. The summed E-state index contributed by atoms with van der Waals surface area (Å²) in [6.07, 6.45) is -5.02. The summed E-state index contributed by atoms with van der Waals surface area (Å²) in [5, 5.41) is 4.35. The van der Waals surface area contributed by atoms with Gasteiger partial charge in [0.05, 0.1) is 0 Å². The van der Waals surface area contributed by atoms with Crippen molar-refractivity contribution >= 4 is 29.1 Å². The Morgan fingerprint density at radius 1 is 1.21 bits per heavy atom. The smallest absolute Gasteiger partial charge is 0.337 e. The van der Waals surface area contributed by atoms with Gasteiger partial charge in [0.15, 0.2) is 0 Å².